The molecule has 7 rings (SSSR count). The zero-order valence-corrected chi connectivity index (χ0v) is 30.8. The lowest BCUT2D eigenvalue weighted by molar-refractivity contribution is 0.0427. The van der Waals surface area contributed by atoms with Gasteiger partial charge in [0.05, 0.1) is 35.1 Å². The van der Waals surface area contributed by atoms with Crippen LogP contribution < -0.4 is 15.5 Å². The number of halogens is 2. The van der Waals surface area contributed by atoms with E-state index in [1.807, 2.05) is 39.0 Å². The molecule has 11 nitrogen and oxygen atoms in total. The number of carbonyl (C=O) groups excluding carboxylic acids is 2. The largest absolute Gasteiger partial charge is 0.444 e. The number of benzene rings is 2. The Bertz CT molecular complexity index is 2180. The number of fused-ring (bicyclic) bond motifs is 2. The molecule has 0 unspecified atom stereocenters. The minimum Gasteiger partial charge on any atom is -0.444 e. The van der Waals surface area contributed by atoms with Crippen molar-refractivity contribution in [3.05, 3.63) is 100 Å². The van der Waals surface area contributed by atoms with Gasteiger partial charge in [0, 0.05) is 48.4 Å². The number of rotatable bonds is 7. The number of aliphatic hydroxyl groups is 1. The molecule has 14 heteroatoms. The molecule has 2 amide bonds. The number of hydrogen-bond acceptors (Lipinski definition) is 9. The molecule has 1 aliphatic carbocycles. The summed E-state index contributed by atoms with van der Waals surface area (Å²) in [5, 5.41) is 17.0. The number of amides is 2. The molecule has 5 aromatic rings. The molecular formula is C38H39ClFN7O4S. The van der Waals surface area contributed by atoms with E-state index in [1.165, 1.54) is 36.5 Å². The third kappa shape index (κ3) is 6.92. The number of nitrogens with one attached hydrogen (secondary N) is 2. The van der Waals surface area contributed by atoms with E-state index in [0.717, 1.165) is 24.8 Å². The van der Waals surface area contributed by atoms with Crippen LogP contribution >= 0.6 is 23.4 Å². The number of nitrogens with zero attached hydrogens (tertiary/aromatic N) is 5. The van der Waals surface area contributed by atoms with Gasteiger partial charge in [-0.25, -0.2) is 24.1 Å². The van der Waals surface area contributed by atoms with E-state index in [-0.39, 0.29) is 23.6 Å². The topological polar surface area (TPSA) is 134 Å². The molecule has 270 valence electrons. The Morgan fingerprint density at radius 2 is 1.90 bits per heavy atom. The maximum atomic E-state index is 14.7. The molecule has 3 aromatic heterocycles. The number of ether oxygens (including phenoxy) is 1. The summed E-state index contributed by atoms with van der Waals surface area (Å²) in [6.45, 7) is 6.64. The molecule has 2 aromatic carbocycles. The van der Waals surface area contributed by atoms with Gasteiger partial charge < -0.3 is 29.8 Å². The van der Waals surface area contributed by atoms with Crippen LogP contribution in [0.4, 0.5) is 15.0 Å². The fourth-order valence-electron chi connectivity index (χ4n) is 7.22. The third-order valence-electron chi connectivity index (χ3n) is 9.67. The molecule has 1 aliphatic heterocycles. The van der Waals surface area contributed by atoms with Crippen molar-refractivity contribution in [1.29, 1.82) is 0 Å². The molecule has 0 bridgehead atoms. The SMILES string of the molecule is CNC(=O)c1ccc(-c2cn3ccc(Sc4cnc(N5CCC6(CC5)Cc5ccccc5[C@H]6NC(=O)OC(C)(C)C)c(CO)n4)c(Cl)c3n2)cc1F. The van der Waals surface area contributed by atoms with Gasteiger partial charge in [0.1, 0.15) is 22.1 Å². The monoisotopic (exact) mass is 743 g/mol. The second-order valence-corrected chi connectivity index (χ2v) is 15.6. The standard InChI is InChI=1S/C38H39ClFN7O4S/c1-37(2,3)51-36(50)45-32-24-8-6-5-7-23(24)18-38(32)12-15-46(16-13-38)33-28(21-48)43-30(19-42-33)52-29-11-14-47-20-27(44-34(47)31(29)39)22-9-10-25(26(40)17-22)35(49)41-4/h5-11,14,17,19-20,32,48H,12-13,15-16,18,21H2,1-4H3,(H,41,49)(H,45,50)/t32-/m1/s1. The van der Waals surface area contributed by atoms with Crippen LogP contribution in [0.25, 0.3) is 16.9 Å². The minimum absolute atomic E-state index is 0.0497. The number of pyridine rings is 1. The quantitative estimate of drug-likeness (QED) is 0.161. The summed E-state index contributed by atoms with van der Waals surface area (Å²) in [6, 6.07) is 14.3. The summed E-state index contributed by atoms with van der Waals surface area (Å²) in [6.07, 6.45) is 7.27. The van der Waals surface area contributed by atoms with Crippen molar-refractivity contribution < 1.29 is 23.8 Å². The summed E-state index contributed by atoms with van der Waals surface area (Å²) < 4.78 is 22.1. The first-order valence-electron chi connectivity index (χ1n) is 17.0. The number of imidazole rings is 1. The first-order valence-corrected chi connectivity index (χ1v) is 18.2. The van der Waals surface area contributed by atoms with Gasteiger partial charge in [0.25, 0.3) is 5.91 Å². The maximum absolute atomic E-state index is 14.7. The van der Waals surface area contributed by atoms with Crippen LogP contribution in [0.1, 0.15) is 66.8 Å². The number of aromatic nitrogens is 4. The molecule has 1 saturated heterocycles. The van der Waals surface area contributed by atoms with E-state index in [2.05, 4.69) is 32.7 Å². The number of piperidine rings is 1. The molecular weight excluding hydrogens is 705 g/mol. The van der Waals surface area contributed by atoms with Crippen LogP contribution in [0.5, 0.6) is 0 Å². The van der Waals surface area contributed by atoms with Crippen molar-refractivity contribution in [3.63, 3.8) is 0 Å². The second-order valence-electron chi connectivity index (χ2n) is 14.2. The van der Waals surface area contributed by atoms with Gasteiger partial charge in [-0.2, -0.15) is 0 Å². The van der Waals surface area contributed by atoms with Crippen LogP contribution in [0.3, 0.4) is 0 Å². The number of hydrogen-bond donors (Lipinski definition) is 3. The molecule has 4 heterocycles. The van der Waals surface area contributed by atoms with Crippen molar-refractivity contribution in [2.24, 2.45) is 5.41 Å². The predicted molar refractivity (Wildman–Crippen MR) is 197 cm³/mol. The highest BCUT2D eigenvalue weighted by Gasteiger charge is 2.49. The minimum atomic E-state index is -0.648. The molecule has 2 aliphatic rings. The summed E-state index contributed by atoms with van der Waals surface area (Å²) in [4.78, 5) is 41.9. The van der Waals surface area contributed by atoms with Gasteiger partial charge in [0.15, 0.2) is 11.5 Å². The Kier molecular flexibility index (Phi) is 9.62. The predicted octanol–water partition coefficient (Wildman–Crippen LogP) is 7.00. The van der Waals surface area contributed by atoms with E-state index < -0.39 is 23.4 Å². The van der Waals surface area contributed by atoms with Crippen LogP contribution in [0, 0.1) is 11.2 Å². The normalized spacial score (nSPS) is 16.6. The van der Waals surface area contributed by atoms with E-state index in [9.17, 15) is 19.1 Å². The fourth-order valence-corrected chi connectivity index (χ4v) is 8.34. The lowest BCUT2D eigenvalue weighted by Gasteiger charge is -2.44. The van der Waals surface area contributed by atoms with Crippen LogP contribution in [0.2, 0.25) is 5.02 Å². The summed E-state index contributed by atoms with van der Waals surface area (Å²) in [7, 11) is 1.45. The van der Waals surface area contributed by atoms with E-state index in [0.29, 0.717) is 56.4 Å². The summed E-state index contributed by atoms with van der Waals surface area (Å²) in [5.74, 6) is -0.527. The average molecular weight is 744 g/mol. The van der Waals surface area contributed by atoms with Gasteiger partial charge in [-0.05, 0) is 69.4 Å². The second kappa shape index (κ2) is 14.0. The number of carbonyl (C=O) groups is 2. The van der Waals surface area contributed by atoms with Crippen LogP contribution in [0.15, 0.2) is 77.0 Å². The number of anilines is 1. The van der Waals surface area contributed by atoms with Crippen molar-refractivity contribution in [3.8, 4) is 11.3 Å². The lowest BCUT2D eigenvalue weighted by Crippen LogP contribution is -2.48. The zero-order chi connectivity index (χ0) is 36.8. The first kappa shape index (κ1) is 35.7. The molecule has 1 atom stereocenters. The van der Waals surface area contributed by atoms with Gasteiger partial charge in [-0.3, -0.25) is 4.79 Å². The van der Waals surface area contributed by atoms with Crippen molar-refractivity contribution >= 4 is 46.8 Å². The fraction of sp³-hybridized carbons (Fsp3) is 0.342. The van der Waals surface area contributed by atoms with E-state index in [4.69, 9.17) is 26.3 Å². The molecule has 1 spiro atoms. The Morgan fingerprint density at radius 1 is 1.13 bits per heavy atom. The smallest absolute Gasteiger partial charge is 0.408 e. The Labute approximate surface area is 310 Å². The van der Waals surface area contributed by atoms with E-state index >= 15 is 0 Å². The lowest BCUT2D eigenvalue weighted by atomic mass is 9.72. The zero-order valence-electron chi connectivity index (χ0n) is 29.2. The van der Waals surface area contributed by atoms with Crippen molar-refractivity contribution in [1.82, 2.24) is 30.0 Å². The first-order chi connectivity index (χ1) is 24.9. The molecule has 52 heavy (non-hydrogen) atoms. The van der Waals surface area contributed by atoms with Gasteiger partial charge in [0.2, 0.25) is 0 Å². The van der Waals surface area contributed by atoms with E-state index in [1.54, 1.807) is 29.1 Å². The van der Waals surface area contributed by atoms with Crippen LogP contribution in [-0.4, -0.2) is 62.2 Å². The van der Waals surface area contributed by atoms with Crippen LogP contribution in [-0.2, 0) is 17.8 Å². The van der Waals surface area contributed by atoms with Crippen molar-refractivity contribution in [2.45, 2.75) is 68.2 Å². The Hall–Kier alpha value is -4.72. The highest BCUT2D eigenvalue weighted by atomic mass is 35.5. The molecule has 3 N–H and O–H groups in total. The third-order valence-corrected chi connectivity index (χ3v) is 11.1. The van der Waals surface area contributed by atoms with Gasteiger partial charge in [-0.15, -0.1) is 0 Å². The molecule has 0 radical (unpaired) electrons. The highest BCUT2D eigenvalue weighted by Crippen LogP contribution is 2.52. The average Bonchev–Trinajstić information content (AvgIpc) is 3.68. The Balaban J connectivity index is 1.07. The maximum Gasteiger partial charge on any atom is 0.408 e. The van der Waals surface area contributed by atoms with Gasteiger partial charge in [-0.1, -0.05) is 53.7 Å². The molecule has 1 fully saturated rings. The summed E-state index contributed by atoms with van der Waals surface area (Å²) in [5.41, 5.74) is 3.48. The van der Waals surface area contributed by atoms with Gasteiger partial charge >= 0.3 is 6.09 Å². The summed E-state index contributed by atoms with van der Waals surface area (Å²) >= 11 is 8.13. The van der Waals surface area contributed by atoms with Crippen molar-refractivity contribution in [2.75, 3.05) is 25.0 Å². The number of alkyl carbamates (subject to hydrolysis) is 1. The highest BCUT2D eigenvalue weighted by molar-refractivity contribution is 7.99. The number of aliphatic hydroxyl groups excluding tert-OH is 1. The molecule has 0 saturated carbocycles. The Morgan fingerprint density at radius 3 is 2.62 bits per heavy atom.